The SMILES string of the molecule is CCCN(C(=O)c1ccc(F)c(F)c1)C1CCNC1. The highest BCUT2D eigenvalue weighted by molar-refractivity contribution is 5.94. The van der Waals surface area contributed by atoms with Crippen LogP contribution in [-0.2, 0) is 0 Å². The highest BCUT2D eigenvalue weighted by Crippen LogP contribution is 2.16. The van der Waals surface area contributed by atoms with Gasteiger partial charge in [-0.1, -0.05) is 6.92 Å². The Kier molecular flexibility index (Phi) is 4.47. The lowest BCUT2D eigenvalue weighted by atomic mass is 10.1. The first-order chi connectivity index (χ1) is 9.13. The smallest absolute Gasteiger partial charge is 0.254 e. The van der Waals surface area contributed by atoms with Crippen LogP contribution in [-0.4, -0.2) is 36.5 Å². The molecular weight excluding hydrogens is 250 g/mol. The summed E-state index contributed by atoms with van der Waals surface area (Å²) in [6, 6.07) is 3.45. The van der Waals surface area contributed by atoms with Crippen LogP contribution >= 0.6 is 0 Å². The van der Waals surface area contributed by atoms with E-state index in [1.54, 1.807) is 4.90 Å². The van der Waals surface area contributed by atoms with E-state index in [0.717, 1.165) is 38.1 Å². The maximum Gasteiger partial charge on any atom is 0.254 e. The Labute approximate surface area is 111 Å². The lowest BCUT2D eigenvalue weighted by Crippen LogP contribution is -2.42. The Hall–Kier alpha value is -1.49. The molecule has 2 rings (SSSR count). The van der Waals surface area contributed by atoms with Crippen LogP contribution < -0.4 is 5.32 Å². The largest absolute Gasteiger partial charge is 0.334 e. The number of nitrogens with zero attached hydrogens (tertiary/aromatic N) is 1. The second-order valence-corrected chi connectivity index (χ2v) is 4.77. The van der Waals surface area contributed by atoms with E-state index < -0.39 is 11.6 Å². The molecule has 1 atom stereocenters. The van der Waals surface area contributed by atoms with Gasteiger partial charge in [-0.3, -0.25) is 4.79 Å². The minimum atomic E-state index is -0.980. The lowest BCUT2D eigenvalue weighted by molar-refractivity contribution is 0.0691. The van der Waals surface area contributed by atoms with Gasteiger partial charge in [-0.25, -0.2) is 8.78 Å². The molecule has 1 aliphatic heterocycles. The van der Waals surface area contributed by atoms with Crippen molar-refractivity contribution in [1.29, 1.82) is 0 Å². The topological polar surface area (TPSA) is 32.3 Å². The van der Waals surface area contributed by atoms with Crippen molar-refractivity contribution in [2.24, 2.45) is 0 Å². The van der Waals surface area contributed by atoms with Gasteiger partial charge in [0, 0.05) is 24.7 Å². The zero-order chi connectivity index (χ0) is 13.8. The summed E-state index contributed by atoms with van der Waals surface area (Å²) in [5.74, 6) is -2.14. The minimum absolute atomic E-state index is 0.139. The number of nitrogens with one attached hydrogen (secondary N) is 1. The van der Waals surface area contributed by atoms with Crippen LogP contribution in [0.1, 0.15) is 30.1 Å². The lowest BCUT2D eigenvalue weighted by Gasteiger charge is -2.28. The summed E-state index contributed by atoms with van der Waals surface area (Å²) in [6.07, 6.45) is 1.74. The van der Waals surface area contributed by atoms with Gasteiger partial charge in [0.1, 0.15) is 0 Å². The molecule has 19 heavy (non-hydrogen) atoms. The summed E-state index contributed by atoms with van der Waals surface area (Å²) < 4.78 is 26.1. The number of carbonyl (C=O) groups excluding carboxylic acids is 1. The molecule has 1 amide bonds. The van der Waals surface area contributed by atoms with Crippen molar-refractivity contribution in [3.63, 3.8) is 0 Å². The summed E-state index contributed by atoms with van der Waals surface area (Å²) >= 11 is 0. The molecule has 1 unspecified atom stereocenters. The number of halogens is 2. The number of carbonyl (C=O) groups is 1. The quantitative estimate of drug-likeness (QED) is 0.907. The van der Waals surface area contributed by atoms with Gasteiger partial charge in [-0.05, 0) is 37.6 Å². The van der Waals surface area contributed by atoms with Crippen LogP contribution in [0.4, 0.5) is 8.78 Å². The molecule has 1 heterocycles. The predicted molar refractivity (Wildman–Crippen MR) is 69.0 cm³/mol. The van der Waals surface area contributed by atoms with Gasteiger partial charge >= 0.3 is 0 Å². The molecule has 1 aliphatic rings. The van der Waals surface area contributed by atoms with Crippen molar-refractivity contribution in [1.82, 2.24) is 10.2 Å². The average Bonchev–Trinajstić information content (AvgIpc) is 2.92. The van der Waals surface area contributed by atoms with Gasteiger partial charge in [0.05, 0.1) is 0 Å². The third-order valence-corrected chi connectivity index (χ3v) is 3.37. The monoisotopic (exact) mass is 268 g/mol. The van der Waals surface area contributed by atoms with E-state index >= 15 is 0 Å². The molecule has 1 saturated heterocycles. The molecule has 1 aromatic carbocycles. The van der Waals surface area contributed by atoms with E-state index in [4.69, 9.17) is 0 Å². The van der Waals surface area contributed by atoms with E-state index in [1.165, 1.54) is 6.07 Å². The molecule has 104 valence electrons. The molecule has 0 aliphatic carbocycles. The van der Waals surface area contributed by atoms with Gasteiger partial charge in [-0.2, -0.15) is 0 Å². The average molecular weight is 268 g/mol. The van der Waals surface area contributed by atoms with Gasteiger partial charge in [0.25, 0.3) is 5.91 Å². The van der Waals surface area contributed by atoms with Crippen LogP contribution in [0, 0.1) is 11.6 Å². The van der Waals surface area contributed by atoms with Crippen LogP contribution in [0.25, 0.3) is 0 Å². The van der Waals surface area contributed by atoms with Crippen molar-refractivity contribution < 1.29 is 13.6 Å². The Bertz CT molecular complexity index is 459. The number of amides is 1. The highest BCUT2D eigenvalue weighted by Gasteiger charge is 2.27. The van der Waals surface area contributed by atoms with Gasteiger partial charge in [0.2, 0.25) is 0 Å². The molecule has 0 spiro atoms. The fraction of sp³-hybridized carbons (Fsp3) is 0.500. The van der Waals surface area contributed by atoms with E-state index in [2.05, 4.69) is 5.32 Å². The Morgan fingerprint density at radius 1 is 1.42 bits per heavy atom. The van der Waals surface area contributed by atoms with Crippen LogP contribution in [0.2, 0.25) is 0 Å². The second-order valence-electron chi connectivity index (χ2n) is 4.77. The zero-order valence-electron chi connectivity index (χ0n) is 11.0. The Morgan fingerprint density at radius 2 is 2.21 bits per heavy atom. The molecule has 1 fully saturated rings. The number of benzene rings is 1. The van der Waals surface area contributed by atoms with Crippen LogP contribution in [0.5, 0.6) is 0 Å². The summed E-state index contributed by atoms with van der Waals surface area (Å²) in [6.45, 7) is 4.27. The third kappa shape index (κ3) is 3.10. The van der Waals surface area contributed by atoms with Gasteiger partial charge < -0.3 is 10.2 Å². The summed E-state index contributed by atoms with van der Waals surface area (Å²) in [7, 11) is 0. The fourth-order valence-electron chi connectivity index (χ4n) is 2.39. The summed E-state index contributed by atoms with van der Waals surface area (Å²) in [5.41, 5.74) is 0.208. The fourth-order valence-corrected chi connectivity index (χ4v) is 2.39. The maximum atomic E-state index is 13.2. The van der Waals surface area contributed by atoms with Crippen molar-refractivity contribution in [2.45, 2.75) is 25.8 Å². The molecule has 0 aromatic heterocycles. The molecule has 1 N–H and O–H groups in total. The van der Waals surface area contributed by atoms with Crippen LogP contribution in [0.3, 0.4) is 0 Å². The predicted octanol–water partition coefficient (Wildman–Crippen LogP) is 2.18. The molecule has 5 heteroatoms. The first-order valence-corrected chi connectivity index (χ1v) is 6.60. The van der Waals surface area contributed by atoms with Crippen LogP contribution in [0.15, 0.2) is 18.2 Å². The first kappa shape index (κ1) is 13.9. The van der Waals surface area contributed by atoms with Gasteiger partial charge in [-0.15, -0.1) is 0 Å². The third-order valence-electron chi connectivity index (χ3n) is 3.37. The van der Waals surface area contributed by atoms with Gasteiger partial charge in [0.15, 0.2) is 11.6 Å². The first-order valence-electron chi connectivity index (χ1n) is 6.60. The molecular formula is C14H18F2N2O. The van der Waals surface area contributed by atoms with Crippen molar-refractivity contribution in [3.05, 3.63) is 35.4 Å². The Morgan fingerprint density at radius 3 is 2.79 bits per heavy atom. The number of hydrogen-bond acceptors (Lipinski definition) is 2. The minimum Gasteiger partial charge on any atom is -0.334 e. The molecule has 1 aromatic rings. The maximum absolute atomic E-state index is 13.2. The van der Waals surface area contributed by atoms with E-state index in [0.29, 0.717) is 6.54 Å². The van der Waals surface area contributed by atoms with Crippen molar-refractivity contribution in [3.8, 4) is 0 Å². The van der Waals surface area contributed by atoms with Crippen molar-refractivity contribution >= 4 is 5.91 Å². The number of hydrogen-bond donors (Lipinski definition) is 1. The normalized spacial score (nSPS) is 18.6. The molecule has 3 nitrogen and oxygen atoms in total. The summed E-state index contributed by atoms with van der Waals surface area (Å²) in [5, 5.41) is 3.21. The second kappa shape index (κ2) is 6.10. The summed E-state index contributed by atoms with van der Waals surface area (Å²) in [4.78, 5) is 14.2. The van der Waals surface area contributed by atoms with E-state index in [1.807, 2.05) is 6.92 Å². The molecule has 0 bridgehead atoms. The van der Waals surface area contributed by atoms with E-state index in [9.17, 15) is 13.6 Å². The molecule has 0 radical (unpaired) electrons. The Balaban J connectivity index is 2.20. The standard InChI is InChI=1S/C14H18F2N2O/c1-2-7-18(11-5-6-17-9-11)14(19)10-3-4-12(15)13(16)8-10/h3-4,8,11,17H,2,5-7,9H2,1H3. The van der Waals surface area contributed by atoms with Crippen molar-refractivity contribution in [2.75, 3.05) is 19.6 Å². The highest BCUT2D eigenvalue weighted by atomic mass is 19.2. The zero-order valence-corrected chi connectivity index (χ0v) is 11.0. The number of rotatable bonds is 4. The van der Waals surface area contributed by atoms with E-state index in [-0.39, 0.29) is 17.5 Å². The molecule has 0 saturated carbocycles.